The Morgan fingerprint density at radius 1 is 1.27 bits per heavy atom. The van der Waals surface area contributed by atoms with E-state index in [1.54, 1.807) is 27.8 Å². The molecule has 12 heteroatoms. The first-order valence-electron chi connectivity index (χ1n) is 12.1. The summed E-state index contributed by atoms with van der Waals surface area (Å²) in [6.45, 7) is 5.44. The Labute approximate surface area is 220 Å². The highest BCUT2D eigenvalue weighted by Crippen LogP contribution is 2.32. The molecule has 0 unspecified atom stereocenters. The first-order valence-corrected chi connectivity index (χ1v) is 13.1. The van der Waals surface area contributed by atoms with E-state index in [-0.39, 0.29) is 17.4 Å². The Hall–Kier alpha value is -3.64. The van der Waals surface area contributed by atoms with E-state index in [0.29, 0.717) is 29.5 Å². The summed E-state index contributed by atoms with van der Waals surface area (Å²) in [5.41, 5.74) is 1.88. The van der Waals surface area contributed by atoms with Crippen LogP contribution in [0.15, 0.2) is 36.7 Å². The number of hydrogen-bond acceptors (Lipinski definition) is 8. The fraction of sp³-hybridized carbons (Fsp3) is 0.400. The van der Waals surface area contributed by atoms with E-state index >= 15 is 0 Å². The van der Waals surface area contributed by atoms with E-state index in [2.05, 4.69) is 32.5 Å². The van der Waals surface area contributed by atoms with Crippen LogP contribution in [0.1, 0.15) is 30.5 Å². The minimum atomic E-state index is -0.568. The molecule has 37 heavy (non-hydrogen) atoms. The van der Waals surface area contributed by atoms with Crippen LogP contribution in [0.4, 0.5) is 10.6 Å². The summed E-state index contributed by atoms with van der Waals surface area (Å²) in [6, 6.07) is 1.70. The highest BCUT2D eigenvalue weighted by molar-refractivity contribution is 8.08. The Kier molecular flexibility index (Phi) is 8.29. The summed E-state index contributed by atoms with van der Waals surface area (Å²) < 4.78 is 1.68. The van der Waals surface area contributed by atoms with Crippen LogP contribution >= 0.6 is 11.8 Å². The molecule has 2 fully saturated rings. The monoisotopic (exact) mass is 524 g/mol. The minimum absolute atomic E-state index is 0.0360. The van der Waals surface area contributed by atoms with Crippen molar-refractivity contribution in [2.75, 3.05) is 45.3 Å². The molecule has 1 aliphatic heterocycles. The number of fused-ring (bicyclic) bond motifs is 1. The lowest BCUT2D eigenvalue weighted by Gasteiger charge is -2.19. The Balaban J connectivity index is 1.60. The third-order valence-electron chi connectivity index (χ3n) is 5.85. The summed E-state index contributed by atoms with van der Waals surface area (Å²) in [5.74, 6) is 0.551. The number of allylic oxidation sites excluding steroid dienone is 2. The molecule has 11 nitrogen and oxygen atoms in total. The third kappa shape index (κ3) is 6.77. The summed E-state index contributed by atoms with van der Waals surface area (Å²) in [7, 11) is 5.85. The molecule has 1 saturated carbocycles. The number of rotatable bonds is 12. The number of nitrogens with one attached hydrogen (secondary N) is 3. The predicted molar refractivity (Wildman–Crippen MR) is 146 cm³/mol. The third-order valence-corrected chi connectivity index (χ3v) is 6.89. The molecule has 3 N–H and O–H groups in total. The normalized spacial score (nSPS) is 16.9. The molecule has 1 saturated heterocycles. The molecule has 0 atom stereocenters. The van der Waals surface area contributed by atoms with Crippen LogP contribution in [-0.4, -0.2) is 88.3 Å². The van der Waals surface area contributed by atoms with Crippen LogP contribution in [0.25, 0.3) is 16.6 Å². The fourth-order valence-electron chi connectivity index (χ4n) is 3.70. The van der Waals surface area contributed by atoms with E-state index in [9.17, 15) is 14.4 Å². The molecule has 4 amide bonds. The number of imide groups is 1. The van der Waals surface area contributed by atoms with Crippen LogP contribution in [0.5, 0.6) is 0 Å². The van der Waals surface area contributed by atoms with Crippen molar-refractivity contribution in [3.63, 3.8) is 0 Å². The van der Waals surface area contributed by atoms with Gasteiger partial charge >= 0.3 is 6.03 Å². The zero-order chi connectivity index (χ0) is 26.5. The van der Waals surface area contributed by atoms with Crippen molar-refractivity contribution in [3.8, 4) is 0 Å². The maximum Gasteiger partial charge on any atom is 0.326 e. The summed E-state index contributed by atoms with van der Waals surface area (Å²) in [5, 5.41) is 12.6. The molecule has 0 spiro atoms. The van der Waals surface area contributed by atoms with Gasteiger partial charge in [-0.15, -0.1) is 11.8 Å². The largest absolute Gasteiger partial charge is 0.367 e. The first kappa shape index (κ1) is 26.4. The van der Waals surface area contributed by atoms with Gasteiger partial charge in [0.2, 0.25) is 5.91 Å². The van der Waals surface area contributed by atoms with Gasteiger partial charge in [0.05, 0.1) is 17.6 Å². The number of amides is 4. The van der Waals surface area contributed by atoms with E-state index in [1.165, 1.54) is 11.8 Å². The second kappa shape index (κ2) is 11.6. The Bertz CT molecular complexity index is 1280. The van der Waals surface area contributed by atoms with Gasteiger partial charge in [0.1, 0.15) is 11.5 Å². The van der Waals surface area contributed by atoms with Crippen LogP contribution in [0.3, 0.4) is 0 Å². The van der Waals surface area contributed by atoms with Gasteiger partial charge < -0.3 is 20.4 Å². The van der Waals surface area contributed by atoms with E-state index in [1.807, 2.05) is 33.3 Å². The summed E-state index contributed by atoms with van der Waals surface area (Å²) in [4.78, 5) is 45.8. The van der Waals surface area contributed by atoms with Crippen molar-refractivity contribution in [3.05, 3.63) is 47.9 Å². The maximum atomic E-state index is 12.8. The van der Waals surface area contributed by atoms with E-state index < -0.39 is 11.9 Å². The molecule has 2 aromatic rings. The number of hydrogen-bond donors (Lipinski definition) is 3. The first-order chi connectivity index (χ1) is 17.7. The summed E-state index contributed by atoms with van der Waals surface area (Å²) in [6.07, 6.45) is 9.71. The smallest absolute Gasteiger partial charge is 0.326 e. The zero-order valence-corrected chi connectivity index (χ0v) is 22.1. The molecule has 3 heterocycles. The van der Waals surface area contributed by atoms with Crippen molar-refractivity contribution in [2.24, 2.45) is 0 Å². The van der Waals surface area contributed by atoms with Crippen LogP contribution in [0.2, 0.25) is 0 Å². The number of anilines is 1. The van der Waals surface area contributed by atoms with Crippen LogP contribution in [-0.2, 0) is 9.59 Å². The topological polar surface area (TPSA) is 124 Å². The molecule has 0 aromatic carbocycles. The quantitative estimate of drug-likeness (QED) is 0.219. The number of thioether (sulfide) groups is 1. The lowest BCUT2D eigenvalue weighted by molar-refractivity contribution is -0.127. The number of urea groups is 1. The van der Waals surface area contributed by atoms with Gasteiger partial charge in [-0.25, -0.2) is 9.78 Å². The number of carbonyl (C=O) groups is 3. The Morgan fingerprint density at radius 3 is 2.70 bits per heavy atom. The van der Waals surface area contributed by atoms with Crippen molar-refractivity contribution in [1.82, 2.24) is 35.0 Å². The van der Waals surface area contributed by atoms with Gasteiger partial charge in [-0.2, -0.15) is 9.61 Å². The second-order valence-corrected chi connectivity index (χ2v) is 10.3. The van der Waals surface area contributed by atoms with Gasteiger partial charge in [0.15, 0.2) is 5.65 Å². The molecule has 1 aliphatic carbocycles. The lowest BCUT2D eigenvalue weighted by atomic mass is 10.2. The van der Waals surface area contributed by atoms with Crippen molar-refractivity contribution >= 4 is 52.1 Å². The van der Waals surface area contributed by atoms with Gasteiger partial charge in [0, 0.05) is 36.2 Å². The fourth-order valence-corrected chi connectivity index (χ4v) is 4.64. The van der Waals surface area contributed by atoms with Gasteiger partial charge in [-0.3, -0.25) is 14.9 Å². The zero-order valence-electron chi connectivity index (χ0n) is 21.3. The SMILES string of the molecule is C=C/C=C(\SCC(=O)N(C)CCCN(C)C)c1cc(NC2CC2)n2ncc(/C=C3\NC(=O)NC3=O)c2n1. The minimum Gasteiger partial charge on any atom is -0.367 e. The van der Waals surface area contributed by atoms with E-state index in [0.717, 1.165) is 36.5 Å². The molecular formula is C25H32N8O3S. The van der Waals surface area contributed by atoms with Crippen molar-refractivity contribution < 1.29 is 14.4 Å². The van der Waals surface area contributed by atoms with E-state index in [4.69, 9.17) is 4.98 Å². The highest BCUT2D eigenvalue weighted by atomic mass is 32.2. The van der Waals surface area contributed by atoms with Crippen LogP contribution in [0, 0.1) is 0 Å². The van der Waals surface area contributed by atoms with Gasteiger partial charge in [0.25, 0.3) is 5.91 Å². The van der Waals surface area contributed by atoms with Gasteiger partial charge in [-0.1, -0.05) is 12.7 Å². The number of nitrogens with zero attached hydrogens (tertiary/aromatic N) is 5. The average Bonchev–Trinajstić information content (AvgIpc) is 3.49. The number of aromatic nitrogens is 3. The molecule has 196 valence electrons. The van der Waals surface area contributed by atoms with Crippen molar-refractivity contribution in [1.29, 1.82) is 0 Å². The summed E-state index contributed by atoms with van der Waals surface area (Å²) >= 11 is 1.40. The van der Waals surface area contributed by atoms with Crippen molar-refractivity contribution in [2.45, 2.75) is 25.3 Å². The van der Waals surface area contributed by atoms with Gasteiger partial charge in [-0.05, 0) is 52.1 Å². The van der Waals surface area contributed by atoms with Crippen LogP contribution < -0.4 is 16.0 Å². The average molecular weight is 525 g/mol. The Morgan fingerprint density at radius 2 is 2.05 bits per heavy atom. The molecule has 2 aromatic heterocycles. The molecule has 0 radical (unpaired) electrons. The standard InChI is InChI=1S/C25H32N8O3S/c1-5-7-20(37-15-22(34)32(4)11-6-10-31(2)3)18-13-21(27-17-8-9-17)33-23(28-18)16(14-26-33)12-19-24(35)30-25(36)29-19/h5,7,12-14,17,27H,1,6,8-11,15H2,2-4H3,(H2,29,30,35,36)/b19-12-,20-7-. The maximum absolute atomic E-state index is 12.8. The number of carbonyl (C=O) groups excluding carboxylic acids is 3. The molecular weight excluding hydrogens is 492 g/mol. The molecule has 4 rings (SSSR count). The lowest BCUT2D eigenvalue weighted by Crippen LogP contribution is -2.31. The highest BCUT2D eigenvalue weighted by Gasteiger charge is 2.26. The predicted octanol–water partition coefficient (Wildman–Crippen LogP) is 2.15. The second-order valence-electron chi connectivity index (χ2n) is 9.27. The molecule has 0 bridgehead atoms. The molecule has 2 aliphatic rings.